The minimum Gasteiger partial charge on any atom is -0.336 e. The minimum absolute atomic E-state index is 0.0410. The van der Waals surface area contributed by atoms with E-state index >= 15 is 0 Å². The van der Waals surface area contributed by atoms with E-state index < -0.39 is 26.7 Å². The Bertz CT molecular complexity index is 1090. The van der Waals surface area contributed by atoms with Gasteiger partial charge in [-0.05, 0) is 25.1 Å². The largest absolute Gasteiger partial charge is 0.416 e. The first kappa shape index (κ1) is 22.9. The summed E-state index contributed by atoms with van der Waals surface area (Å²) < 4.78 is 67.1. The summed E-state index contributed by atoms with van der Waals surface area (Å²) in [5, 5.41) is 3.95. The van der Waals surface area contributed by atoms with Crippen LogP contribution in [-0.4, -0.2) is 59.5 Å². The number of hydrogen-bond acceptors (Lipinski definition) is 4. The summed E-state index contributed by atoms with van der Waals surface area (Å²) in [5.74, 6) is -0.389. The Labute approximate surface area is 181 Å². The molecule has 0 spiro atoms. The quantitative estimate of drug-likeness (QED) is 0.670. The van der Waals surface area contributed by atoms with Crippen LogP contribution in [0.25, 0.3) is 0 Å². The van der Waals surface area contributed by atoms with Crippen LogP contribution in [0.5, 0.6) is 0 Å². The summed E-state index contributed by atoms with van der Waals surface area (Å²) in [6.45, 7) is 1.52. The van der Waals surface area contributed by atoms with Crippen LogP contribution < -0.4 is 0 Å². The van der Waals surface area contributed by atoms with Crippen molar-refractivity contribution < 1.29 is 26.4 Å². The van der Waals surface area contributed by atoms with Gasteiger partial charge in [0.05, 0.1) is 21.8 Å². The summed E-state index contributed by atoms with van der Waals surface area (Å²) in [6.07, 6.45) is -4.71. The van der Waals surface area contributed by atoms with Crippen molar-refractivity contribution in [1.82, 2.24) is 19.0 Å². The van der Waals surface area contributed by atoms with Crippen molar-refractivity contribution >= 4 is 39.1 Å². The lowest BCUT2D eigenvalue weighted by atomic mass is 10.2. The number of alkyl halides is 3. The zero-order valence-corrected chi connectivity index (χ0v) is 18.2. The highest BCUT2D eigenvalue weighted by atomic mass is 35.5. The van der Waals surface area contributed by atoms with Crippen molar-refractivity contribution in [3.63, 3.8) is 0 Å². The molecule has 164 valence electrons. The Morgan fingerprint density at radius 1 is 1.13 bits per heavy atom. The van der Waals surface area contributed by atoms with Crippen LogP contribution >= 0.6 is 23.2 Å². The van der Waals surface area contributed by atoms with E-state index in [0.717, 1.165) is 16.4 Å². The van der Waals surface area contributed by atoms with Gasteiger partial charge in [0.2, 0.25) is 10.0 Å². The number of nitrogens with zero attached hydrogens (tertiary/aromatic N) is 4. The summed E-state index contributed by atoms with van der Waals surface area (Å²) in [5.41, 5.74) is -0.435. The third-order valence-electron chi connectivity index (χ3n) is 4.77. The van der Waals surface area contributed by atoms with Gasteiger partial charge in [-0.25, -0.2) is 8.42 Å². The maximum Gasteiger partial charge on any atom is 0.416 e. The number of hydrogen-bond donors (Lipinski definition) is 0. The molecule has 0 saturated carbocycles. The highest BCUT2D eigenvalue weighted by Crippen LogP contribution is 2.34. The third-order valence-corrected chi connectivity index (χ3v) is 7.58. The Kier molecular flexibility index (Phi) is 6.11. The average Bonchev–Trinajstić information content (AvgIpc) is 2.92. The maximum absolute atomic E-state index is 13.0. The molecule has 3 rings (SSSR count). The molecular formula is C17H17Cl2F3N4O3S. The molecule has 0 N–H and O–H groups in total. The third kappa shape index (κ3) is 4.16. The van der Waals surface area contributed by atoms with Crippen molar-refractivity contribution in [2.24, 2.45) is 7.05 Å². The molecule has 1 aromatic carbocycles. The first-order chi connectivity index (χ1) is 13.8. The number of sulfonamides is 1. The summed E-state index contributed by atoms with van der Waals surface area (Å²) in [7, 11) is -2.69. The number of rotatable bonds is 3. The van der Waals surface area contributed by atoms with E-state index in [-0.39, 0.29) is 47.8 Å². The van der Waals surface area contributed by atoms with Crippen molar-refractivity contribution in [3.8, 4) is 0 Å². The maximum atomic E-state index is 13.0. The molecule has 0 bridgehead atoms. The van der Waals surface area contributed by atoms with E-state index in [0.29, 0.717) is 11.8 Å². The number of amides is 1. The first-order valence-corrected chi connectivity index (χ1v) is 10.9. The number of aryl methyl sites for hydroxylation is 2. The molecule has 0 radical (unpaired) electrons. The van der Waals surface area contributed by atoms with E-state index in [1.165, 1.54) is 9.58 Å². The molecule has 1 fully saturated rings. The lowest BCUT2D eigenvalue weighted by Crippen LogP contribution is -2.50. The van der Waals surface area contributed by atoms with Gasteiger partial charge in [-0.3, -0.25) is 9.48 Å². The fraction of sp³-hybridized carbons (Fsp3) is 0.412. The summed E-state index contributed by atoms with van der Waals surface area (Å²) in [4.78, 5) is 13.6. The van der Waals surface area contributed by atoms with Crippen LogP contribution in [0.4, 0.5) is 13.2 Å². The Morgan fingerprint density at radius 2 is 1.73 bits per heavy atom. The van der Waals surface area contributed by atoms with Gasteiger partial charge in [0.1, 0.15) is 10.0 Å². The van der Waals surface area contributed by atoms with E-state index in [1.54, 1.807) is 14.0 Å². The van der Waals surface area contributed by atoms with E-state index in [4.69, 9.17) is 23.2 Å². The molecule has 1 aromatic heterocycles. The second kappa shape index (κ2) is 8.03. The van der Waals surface area contributed by atoms with Gasteiger partial charge < -0.3 is 4.90 Å². The fourth-order valence-electron chi connectivity index (χ4n) is 3.18. The molecule has 1 amide bonds. The van der Waals surface area contributed by atoms with Crippen molar-refractivity contribution in [3.05, 3.63) is 45.2 Å². The van der Waals surface area contributed by atoms with E-state index in [1.807, 2.05) is 0 Å². The highest BCUT2D eigenvalue weighted by Gasteiger charge is 2.36. The van der Waals surface area contributed by atoms with Crippen LogP contribution in [0.15, 0.2) is 23.1 Å². The summed E-state index contributed by atoms with van der Waals surface area (Å²) >= 11 is 12.0. The monoisotopic (exact) mass is 484 g/mol. The SMILES string of the molecule is Cc1nn(C)c(Cl)c1C(=O)N1CCN(S(=O)(=O)c2cc(C(F)(F)F)ccc2Cl)CC1. The van der Waals surface area contributed by atoms with Crippen LogP contribution in [0.2, 0.25) is 10.2 Å². The van der Waals surface area contributed by atoms with Crippen molar-refractivity contribution in [2.75, 3.05) is 26.2 Å². The number of carbonyl (C=O) groups is 1. The van der Waals surface area contributed by atoms with Crippen LogP contribution in [0.3, 0.4) is 0 Å². The zero-order chi connectivity index (χ0) is 22.4. The molecule has 0 atom stereocenters. The second-order valence-corrected chi connectivity index (χ2v) is 9.39. The standard InChI is InChI=1S/C17H17Cl2F3N4O3S/c1-10-14(15(19)24(2)23-10)16(27)25-5-7-26(8-6-25)30(28,29)13-9-11(17(20,21)22)3-4-12(13)18/h3-4,9H,5-8H2,1-2H3. The molecule has 7 nitrogen and oxygen atoms in total. The topological polar surface area (TPSA) is 75.5 Å². The molecule has 1 saturated heterocycles. The Hall–Kier alpha value is -1.82. The van der Waals surface area contributed by atoms with Crippen molar-refractivity contribution in [1.29, 1.82) is 0 Å². The van der Waals surface area contributed by atoms with Gasteiger partial charge in [0.25, 0.3) is 5.91 Å². The number of carbonyl (C=O) groups excluding carboxylic acids is 1. The van der Waals surface area contributed by atoms with Gasteiger partial charge in [-0.2, -0.15) is 22.6 Å². The normalized spacial score (nSPS) is 16.2. The van der Waals surface area contributed by atoms with E-state index in [9.17, 15) is 26.4 Å². The molecule has 2 aromatic rings. The Balaban J connectivity index is 1.80. The smallest absolute Gasteiger partial charge is 0.336 e. The van der Waals surface area contributed by atoms with Gasteiger partial charge in [0.15, 0.2) is 0 Å². The van der Waals surface area contributed by atoms with Gasteiger partial charge in [-0.1, -0.05) is 23.2 Å². The highest BCUT2D eigenvalue weighted by molar-refractivity contribution is 7.89. The molecule has 1 aliphatic rings. The van der Waals surface area contributed by atoms with Gasteiger partial charge in [-0.15, -0.1) is 0 Å². The molecular weight excluding hydrogens is 468 g/mol. The second-order valence-electron chi connectivity index (χ2n) is 6.71. The van der Waals surface area contributed by atoms with Crippen molar-refractivity contribution in [2.45, 2.75) is 18.0 Å². The first-order valence-electron chi connectivity index (χ1n) is 8.69. The summed E-state index contributed by atoms with van der Waals surface area (Å²) in [6, 6.07) is 2.15. The lowest BCUT2D eigenvalue weighted by molar-refractivity contribution is -0.137. The lowest BCUT2D eigenvalue weighted by Gasteiger charge is -2.34. The van der Waals surface area contributed by atoms with Crippen LogP contribution in [0.1, 0.15) is 21.6 Å². The molecule has 13 heteroatoms. The van der Waals surface area contributed by atoms with Crippen LogP contribution in [-0.2, 0) is 23.2 Å². The number of aromatic nitrogens is 2. The number of benzene rings is 1. The molecule has 2 heterocycles. The predicted molar refractivity (Wildman–Crippen MR) is 104 cm³/mol. The van der Waals surface area contributed by atoms with E-state index in [2.05, 4.69) is 5.10 Å². The number of halogens is 5. The average molecular weight is 485 g/mol. The minimum atomic E-state index is -4.71. The van der Waals surface area contributed by atoms with Crippen LogP contribution in [0, 0.1) is 6.92 Å². The molecule has 0 unspecified atom stereocenters. The Morgan fingerprint density at radius 3 is 2.23 bits per heavy atom. The zero-order valence-electron chi connectivity index (χ0n) is 15.9. The molecule has 1 aliphatic heterocycles. The fourth-order valence-corrected chi connectivity index (χ4v) is 5.36. The molecule has 30 heavy (non-hydrogen) atoms. The number of piperazine rings is 1. The molecule has 0 aliphatic carbocycles. The van der Waals surface area contributed by atoms with Gasteiger partial charge >= 0.3 is 6.18 Å². The predicted octanol–water partition coefficient (Wildman–Crippen LogP) is 3.20. The van der Waals surface area contributed by atoms with Gasteiger partial charge in [0, 0.05) is 33.2 Å².